The van der Waals surface area contributed by atoms with Gasteiger partial charge in [-0.1, -0.05) is 48.5 Å². The maximum absolute atomic E-state index is 16.8. The smallest absolute Gasteiger partial charge is 0.737 e. The molecule has 7 rings (SSSR count). The normalized spacial score (nSPS) is 15.0. The zero-order valence-electron chi connectivity index (χ0n) is 53.2. The molecule has 3 aliphatic heterocycles. The van der Waals surface area contributed by atoms with Gasteiger partial charge in [-0.25, -0.2) is 4.99 Å². The van der Waals surface area contributed by atoms with Crippen LogP contribution in [0, 0.1) is 0 Å². The highest BCUT2D eigenvalue weighted by Crippen LogP contribution is 2.40. The number of allylic oxidation sites excluding steroid dienone is 4. The van der Waals surface area contributed by atoms with Crippen LogP contribution < -0.4 is 24.8 Å². The van der Waals surface area contributed by atoms with Crippen molar-refractivity contribution in [2.45, 2.75) is 89.4 Å². The molecule has 3 N–H and O–H groups in total. The lowest BCUT2D eigenvalue weighted by Gasteiger charge is -2.32. The van der Waals surface area contributed by atoms with Crippen LogP contribution in [0.3, 0.4) is 0 Å². The summed E-state index contributed by atoms with van der Waals surface area (Å²) in [7, 11) is 26.1. The number of benzene rings is 2. The maximum Gasteiger partial charge on any atom is 0.737 e. The fourth-order valence-electron chi connectivity index (χ4n) is 10.1. The van der Waals surface area contributed by atoms with Crippen LogP contribution in [-0.2, 0) is 44.9 Å². The molecule has 0 bridgehead atoms. The number of quaternary nitrogens is 4. The molecule has 89 heavy (non-hydrogen) atoms. The van der Waals surface area contributed by atoms with Crippen LogP contribution in [0.15, 0.2) is 112 Å². The number of aldehydes is 2. The summed E-state index contributed by atoms with van der Waals surface area (Å²) in [5.41, 5.74) is 12.2. The molecule has 5 heterocycles. The number of carboxylic acid groups (broad SMARTS) is 2. The van der Waals surface area contributed by atoms with Crippen LogP contribution in [-0.4, -0.2) is 208 Å². The standard InChI is InChI=1S/C30H42BF2N4O2.C30H42N4O2.2C2HF3O.2ClH/c1-36(2,3)18-10-14-24-20-26(16-17-30(38)39)34-28(24)22-29-25(15-11-19-37(4,5)6)21-27(35(29)31(34,32)33)23-12-8-7-9-13-23;1-33(2,3)18-10-14-24-20-26(16-17-30(35)36)31-28(24)22-29-25(15-11-19-34(4,5)6)21-27(32-29)23-12-8-7-9-13-23;2*3-2(4,5)1-6;;/h7-9,12-13,20-22H,10-11,14-19H2,1-6H3;7-9,12-13,20-22H,10-11,14-19H2,1-6H3;2*1H;2*1H/q+1;;;;;/p+1. The van der Waals surface area contributed by atoms with Gasteiger partial charge in [-0.05, 0) is 97.3 Å². The third kappa shape index (κ3) is 27.2. The molecule has 0 radical (unpaired) electrons. The van der Waals surface area contributed by atoms with E-state index in [2.05, 4.69) is 132 Å². The number of aryl methyl sites for hydroxylation is 4. The Kier molecular flexibility index (Phi) is 29.6. The number of fused-ring (bicyclic) bond motifs is 2. The number of halogens is 10. The predicted molar refractivity (Wildman–Crippen MR) is 327 cm³/mol. The average molecular weight is 1300 g/mol. The first kappa shape index (κ1) is 78.6. The summed E-state index contributed by atoms with van der Waals surface area (Å²) in [4.78, 5) is 48.5. The minimum Gasteiger partial charge on any atom is -1.00 e. The minimum absolute atomic E-state index is 0. The third-order valence-corrected chi connectivity index (χ3v) is 14.2. The molecule has 0 saturated heterocycles. The fraction of sp³-hybridized carbons (Fsp3) is 0.469. The van der Waals surface area contributed by atoms with Crippen molar-refractivity contribution in [2.75, 3.05) is 111 Å². The Balaban J connectivity index is 0.000000503. The van der Waals surface area contributed by atoms with Crippen molar-refractivity contribution in [1.29, 1.82) is 0 Å². The van der Waals surface area contributed by atoms with Gasteiger partial charge in [0.05, 0.1) is 135 Å². The second kappa shape index (κ2) is 33.5. The summed E-state index contributed by atoms with van der Waals surface area (Å²) in [6.07, 6.45) is 4.62. The summed E-state index contributed by atoms with van der Waals surface area (Å²) in [6.45, 7) is -0.193. The summed E-state index contributed by atoms with van der Waals surface area (Å²) in [5, 5.41) is 18.5. The van der Waals surface area contributed by atoms with Crippen molar-refractivity contribution < 1.29 is 112 Å². The highest BCUT2D eigenvalue weighted by Gasteiger charge is 2.54. The molecular formula is C64H89BCl2F8N8O6+2. The zero-order chi connectivity index (χ0) is 65.3. The van der Waals surface area contributed by atoms with E-state index in [9.17, 15) is 41.0 Å². The topological polar surface area (TPSA) is 145 Å². The van der Waals surface area contributed by atoms with E-state index in [0.29, 0.717) is 42.1 Å². The number of nitrogens with one attached hydrogen (secondary N) is 1. The Morgan fingerprint density at radius 3 is 1.46 bits per heavy atom. The number of hydrogen-bond acceptors (Lipinski definition) is 5. The Bertz CT molecular complexity index is 3180. The van der Waals surface area contributed by atoms with Crippen LogP contribution in [0.2, 0.25) is 0 Å². The largest absolute Gasteiger partial charge is 1.00 e. The van der Waals surface area contributed by atoms with Gasteiger partial charge < -0.3 is 75.5 Å². The van der Waals surface area contributed by atoms with Crippen LogP contribution in [0.1, 0.15) is 96.4 Å². The molecule has 25 heteroatoms. The molecule has 0 amide bonds. The number of hydrogen-bond donors (Lipinski definition) is 3. The summed E-state index contributed by atoms with van der Waals surface area (Å²) in [5.74, 6) is -1.76. The van der Waals surface area contributed by atoms with Crippen molar-refractivity contribution in [3.63, 3.8) is 0 Å². The molecule has 3 aliphatic rings. The second-order valence-corrected chi connectivity index (χ2v) is 26.2. The van der Waals surface area contributed by atoms with E-state index < -0.39 is 43.8 Å². The lowest BCUT2D eigenvalue weighted by Crippen LogP contribution is -3.00. The quantitative estimate of drug-likeness (QED) is 0.0366. The number of nitrogens with zero attached hydrogens (tertiary/aromatic N) is 7. The average Bonchev–Trinajstić information content (AvgIpc) is 1.58. The van der Waals surface area contributed by atoms with E-state index in [1.165, 1.54) is 15.6 Å². The van der Waals surface area contributed by atoms with E-state index in [1.54, 1.807) is 0 Å². The first-order chi connectivity index (χ1) is 40.2. The number of carboxylic acids is 2. The van der Waals surface area contributed by atoms with Crippen LogP contribution in [0.5, 0.6) is 0 Å². The monoisotopic (exact) mass is 1300 g/mol. The number of aliphatic imine (C=N–C) groups is 1. The molecule has 0 fully saturated rings. The number of aromatic nitrogens is 2. The Hall–Kier alpha value is -6.50. The SMILES string of the molecule is C[N+](C)(C)CCCC1=CC(c2ccccc2)=NC1=Cc1[nH]c(CCC(=O)O)cc1CCC[N+](C)(C)C.C[N+](C)(C)CCCC1=CC(c2ccccc2)=[N+]2C1=Cc1c(CCC[N+](C)(C)C)cc(CCC(=O)O)n1[B-]2(F)F.O=CC(F)(F)F.O=CC(F)(F)F.[Cl-].[Cl-]. The van der Waals surface area contributed by atoms with Crippen molar-refractivity contribution in [2.24, 2.45) is 4.99 Å². The van der Waals surface area contributed by atoms with Gasteiger partial charge in [0.1, 0.15) is 0 Å². The number of carbonyl (C=O) groups excluding carboxylic acids is 2. The van der Waals surface area contributed by atoms with E-state index in [4.69, 9.17) is 19.7 Å². The Labute approximate surface area is 531 Å². The van der Waals surface area contributed by atoms with E-state index in [0.717, 1.165) is 132 Å². The molecule has 2 aromatic carbocycles. The van der Waals surface area contributed by atoms with Crippen molar-refractivity contribution in [3.05, 3.63) is 153 Å². The molecule has 0 atom stereocenters. The van der Waals surface area contributed by atoms with E-state index >= 15 is 8.63 Å². The van der Waals surface area contributed by atoms with E-state index in [-0.39, 0.29) is 44.1 Å². The van der Waals surface area contributed by atoms with Gasteiger partial charge in [0.15, 0.2) is 11.4 Å². The number of aromatic amines is 1. The minimum atomic E-state index is -4.64. The number of H-pyrrole nitrogens is 1. The van der Waals surface area contributed by atoms with Crippen LogP contribution >= 0.6 is 0 Å². The molecule has 4 aromatic rings. The summed E-state index contributed by atoms with van der Waals surface area (Å²) in [6, 6.07) is 23.7. The number of aliphatic carboxylic acids is 2. The van der Waals surface area contributed by atoms with Crippen molar-refractivity contribution in [1.82, 2.24) is 9.46 Å². The Morgan fingerprint density at radius 1 is 0.584 bits per heavy atom. The molecule has 2 aromatic heterocycles. The predicted octanol–water partition coefficient (Wildman–Crippen LogP) is 5.08. The first-order valence-electron chi connectivity index (χ1n) is 29.1. The van der Waals surface area contributed by atoms with E-state index in [1.807, 2.05) is 54.6 Å². The van der Waals surface area contributed by atoms with Gasteiger partial charge in [-0.2, -0.15) is 26.3 Å². The third-order valence-electron chi connectivity index (χ3n) is 14.2. The number of alkyl halides is 6. The molecular weight excluding hydrogens is 1210 g/mol. The highest BCUT2D eigenvalue weighted by atomic mass is 35.5. The van der Waals surface area contributed by atoms with Crippen LogP contribution in [0.4, 0.5) is 35.0 Å². The Morgan fingerprint density at radius 2 is 1.01 bits per heavy atom. The number of carbonyl (C=O) groups is 4. The molecule has 0 aliphatic carbocycles. The molecule has 0 unspecified atom stereocenters. The highest BCUT2D eigenvalue weighted by molar-refractivity contribution is 6.58. The zero-order valence-corrected chi connectivity index (χ0v) is 54.7. The van der Waals surface area contributed by atoms with Crippen molar-refractivity contribution in [3.8, 4) is 0 Å². The van der Waals surface area contributed by atoms with Gasteiger partial charge in [0, 0.05) is 71.6 Å². The maximum atomic E-state index is 16.8. The first-order valence-corrected chi connectivity index (χ1v) is 29.1. The van der Waals surface area contributed by atoms with Gasteiger partial charge >= 0.3 is 31.3 Å². The van der Waals surface area contributed by atoms with Crippen LogP contribution in [0.25, 0.3) is 12.2 Å². The number of rotatable bonds is 25. The molecule has 492 valence electrons. The second-order valence-electron chi connectivity index (χ2n) is 26.2. The van der Waals surface area contributed by atoms with Gasteiger partial charge in [-0.3, -0.25) is 19.2 Å². The fourth-order valence-corrected chi connectivity index (χ4v) is 10.1. The molecule has 14 nitrogen and oxygen atoms in total. The van der Waals surface area contributed by atoms with Crippen molar-refractivity contribution >= 4 is 55.1 Å². The summed E-state index contributed by atoms with van der Waals surface area (Å²) >= 11 is 0. The molecule has 0 spiro atoms. The summed E-state index contributed by atoms with van der Waals surface area (Å²) < 4.78 is 102. The van der Waals surface area contributed by atoms with Gasteiger partial charge in [-0.15, -0.1) is 0 Å². The lowest BCUT2D eigenvalue weighted by molar-refractivity contribution is -0.870. The lowest BCUT2D eigenvalue weighted by atomic mass is 9.88. The van der Waals surface area contributed by atoms with Gasteiger partial charge in [0.25, 0.3) is 0 Å². The molecule has 0 saturated carbocycles. The van der Waals surface area contributed by atoms with Gasteiger partial charge in [0.2, 0.25) is 12.6 Å².